The maximum absolute atomic E-state index is 12.5. The van der Waals surface area contributed by atoms with E-state index < -0.39 is 5.91 Å². The van der Waals surface area contributed by atoms with E-state index in [1.165, 1.54) is 17.8 Å². The summed E-state index contributed by atoms with van der Waals surface area (Å²) in [5.41, 5.74) is 0.731. The van der Waals surface area contributed by atoms with Crippen LogP contribution in [-0.4, -0.2) is 20.4 Å². The lowest BCUT2D eigenvalue weighted by atomic mass is 10.3. The Balaban J connectivity index is 1.86. The molecule has 5 nitrogen and oxygen atoms in total. The van der Waals surface area contributed by atoms with Gasteiger partial charge in [0.2, 0.25) is 0 Å². The minimum atomic E-state index is -0.421. The van der Waals surface area contributed by atoms with Crippen LogP contribution in [0.2, 0.25) is 10.2 Å². The van der Waals surface area contributed by atoms with E-state index in [1.807, 2.05) is 42.1 Å². The molecular formula is C16H12Cl2N4OS. The van der Waals surface area contributed by atoms with Crippen LogP contribution < -0.4 is 5.32 Å². The molecule has 1 amide bonds. The smallest absolute Gasteiger partial charge is 0.275 e. The minimum absolute atomic E-state index is 0.0842. The third-order valence-electron chi connectivity index (χ3n) is 3.14. The number of pyridine rings is 1. The highest BCUT2D eigenvalue weighted by atomic mass is 35.5. The number of amides is 1. The zero-order chi connectivity index (χ0) is 17.1. The molecule has 2 heterocycles. The van der Waals surface area contributed by atoms with E-state index in [0.29, 0.717) is 5.69 Å². The van der Waals surface area contributed by atoms with Gasteiger partial charge in [0.05, 0.1) is 10.7 Å². The number of hydrogen-bond acceptors (Lipinski definition) is 4. The number of benzene rings is 1. The maximum atomic E-state index is 12.5. The summed E-state index contributed by atoms with van der Waals surface area (Å²) < 4.78 is 1.90. The Morgan fingerprint density at radius 1 is 1.21 bits per heavy atom. The van der Waals surface area contributed by atoms with Crippen LogP contribution in [0.3, 0.4) is 0 Å². The number of hydrogen-bond donors (Lipinski definition) is 1. The lowest BCUT2D eigenvalue weighted by molar-refractivity contribution is 0.102. The van der Waals surface area contributed by atoms with Crippen molar-refractivity contribution < 1.29 is 4.79 Å². The average molecular weight is 379 g/mol. The molecule has 3 aromatic rings. The highest BCUT2D eigenvalue weighted by molar-refractivity contribution is 7.99. The Bertz CT molecular complexity index is 897. The molecule has 3 rings (SSSR count). The van der Waals surface area contributed by atoms with Gasteiger partial charge in [0.1, 0.15) is 10.8 Å². The van der Waals surface area contributed by atoms with E-state index >= 15 is 0 Å². The van der Waals surface area contributed by atoms with E-state index in [0.717, 1.165) is 10.1 Å². The molecule has 0 saturated carbocycles. The molecule has 0 fully saturated rings. The Morgan fingerprint density at radius 3 is 2.75 bits per heavy atom. The molecule has 8 heteroatoms. The van der Waals surface area contributed by atoms with Gasteiger partial charge in [-0.1, -0.05) is 35.3 Å². The molecule has 0 aliphatic heterocycles. The fraction of sp³-hybridized carbons (Fsp3) is 0.0625. The number of para-hydroxylation sites is 1. The standard InChI is InChI=1S/C16H12Cl2N4OS/c1-22-9-8-19-16(22)24-12-5-3-2-4-11(12)20-15(23)14-10(17)6-7-13(18)21-14/h2-9H,1H3,(H,20,23). The zero-order valence-electron chi connectivity index (χ0n) is 12.5. The minimum Gasteiger partial charge on any atom is -0.329 e. The maximum Gasteiger partial charge on any atom is 0.275 e. The molecule has 0 unspecified atom stereocenters. The van der Waals surface area contributed by atoms with Crippen LogP contribution in [0.5, 0.6) is 0 Å². The summed E-state index contributed by atoms with van der Waals surface area (Å²) in [7, 11) is 1.91. The Morgan fingerprint density at radius 2 is 2.00 bits per heavy atom. The Labute approximate surface area is 153 Å². The molecule has 0 saturated heterocycles. The predicted octanol–water partition coefficient (Wildman–Crippen LogP) is 4.53. The monoisotopic (exact) mass is 378 g/mol. The molecule has 1 aromatic carbocycles. The Kier molecular flexibility index (Phi) is 5.08. The molecule has 0 radical (unpaired) electrons. The number of carbonyl (C=O) groups is 1. The van der Waals surface area contributed by atoms with Crippen molar-refractivity contribution in [1.82, 2.24) is 14.5 Å². The summed E-state index contributed by atoms with van der Waals surface area (Å²) in [6, 6.07) is 10.5. The van der Waals surface area contributed by atoms with Gasteiger partial charge in [0, 0.05) is 24.3 Å². The second kappa shape index (κ2) is 7.25. The van der Waals surface area contributed by atoms with E-state index in [-0.39, 0.29) is 15.9 Å². The van der Waals surface area contributed by atoms with Crippen LogP contribution in [0.1, 0.15) is 10.5 Å². The fourth-order valence-corrected chi connectivity index (χ4v) is 3.20. The van der Waals surface area contributed by atoms with E-state index in [2.05, 4.69) is 15.3 Å². The summed E-state index contributed by atoms with van der Waals surface area (Å²) in [5.74, 6) is -0.421. The van der Waals surface area contributed by atoms with Gasteiger partial charge in [0.25, 0.3) is 5.91 Å². The van der Waals surface area contributed by atoms with Gasteiger partial charge in [-0.05, 0) is 36.0 Å². The third kappa shape index (κ3) is 3.72. The summed E-state index contributed by atoms with van der Waals surface area (Å²) in [6.45, 7) is 0. The molecule has 0 aliphatic carbocycles. The first-order chi connectivity index (χ1) is 11.5. The number of carbonyl (C=O) groups excluding carboxylic acids is 1. The van der Waals surface area contributed by atoms with Crippen molar-refractivity contribution in [3.8, 4) is 0 Å². The molecule has 2 aromatic heterocycles. The van der Waals surface area contributed by atoms with Crippen molar-refractivity contribution >= 4 is 46.6 Å². The molecule has 0 spiro atoms. The van der Waals surface area contributed by atoms with Crippen LogP contribution in [0.15, 0.2) is 58.8 Å². The zero-order valence-corrected chi connectivity index (χ0v) is 14.9. The fourth-order valence-electron chi connectivity index (χ4n) is 1.97. The number of halogens is 2. The van der Waals surface area contributed by atoms with Crippen molar-refractivity contribution in [2.75, 3.05) is 5.32 Å². The van der Waals surface area contributed by atoms with E-state index in [9.17, 15) is 4.79 Å². The second-order valence-corrected chi connectivity index (χ2v) is 6.64. The summed E-state index contributed by atoms with van der Waals surface area (Å²) in [5, 5.41) is 4.09. The lowest BCUT2D eigenvalue weighted by Gasteiger charge is -2.11. The molecule has 0 atom stereocenters. The number of nitrogens with one attached hydrogen (secondary N) is 1. The van der Waals surface area contributed by atoms with Crippen molar-refractivity contribution in [2.45, 2.75) is 10.1 Å². The summed E-state index contributed by atoms with van der Waals surface area (Å²) >= 11 is 13.3. The van der Waals surface area contributed by atoms with Gasteiger partial charge in [0.15, 0.2) is 5.16 Å². The Hall–Kier alpha value is -2.02. The van der Waals surface area contributed by atoms with Crippen LogP contribution >= 0.6 is 35.0 Å². The van der Waals surface area contributed by atoms with Gasteiger partial charge in [-0.3, -0.25) is 4.79 Å². The lowest BCUT2D eigenvalue weighted by Crippen LogP contribution is -2.15. The molecule has 0 bridgehead atoms. The molecule has 0 aliphatic rings. The van der Waals surface area contributed by atoms with Crippen LogP contribution in [-0.2, 0) is 7.05 Å². The second-order valence-electron chi connectivity index (χ2n) is 4.84. The molecule has 24 heavy (non-hydrogen) atoms. The van der Waals surface area contributed by atoms with Crippen molar-refractivity contribution in [1.29, 1.82) is 0 Å². The summed E-state index contributed by atoms with van der Waals surface area (Å²) in [6.07, 6.45) is 3.58. The average Bonchev–Trinajstić information content (AvgIpc) is 2.96. The molecular weight excluding hydrogens is 367 g/mol. The van der Waals surface area contributed by atoms with E-state index in [1.54, 1.807) is 12.3 Å². The third-order valence-corrected chi connectivity index (χ3v) is 4.81. The van der Waals surface area contributed by atoms with Gasteiger partial charge < -0.3 is 9.88 Å². The van der Waals surface area contributed by atoms with Gasteiger partial charge in [-0.2, -0.15) is 0 Å². The quantitative estimate of drug-likeness (QED) is 0.677. The topological polar surface area (TPSA) is 59.8 Å². The van der Waals surface area contributed by atoms with Crippen molar-refractivity contribution in [3.05, 3.63) is 64.7 Å². The van der Waals surface area contributed by atoms with Crippen molar-refractivity contribution in [2.24, 2.45) is 7.05 Å². The number of anilines is 1. The van der Waals surface area contributed by atoms with Crippen LogP contribution in [0.25, 0.3) is 0 Å². The normalized spacial score (nSPS) is 10.6. The number of rotatable bonds is 4. The summed E-state index contributed by atoms with van der Waals surface area (Å²) in [4.78, 5) is 21.6. The SMILES string of the molecule is Cn1ccnc1Sc1ccccc1NC(=O)c1nc(Cl)ccc1Cl. The predicted molar refractivity (Wildman–Crippen MR) is 96.0 cm³/mol. The van der Waals surface area contributed by atoms with E-state index in [4.69, 9.17) is 23.2 Å². The molecule has 1 N–H and O–H groups in total. The number of imidazole rings is 1. The van der Waals surface area contributed by atoms with Crippen LogP contribution in [0, 0.1) is 0 Å². The number of aryl methyl sites for hydroxylation is 1. The first-order valence-corrected chi connectivity index (χ1v) is 8.49. The number of aromatic nitrogens is 3. The van der Waals surface area contributed by atoms with Crippen LogP contribution in [0.4, 0.5) is 5.69 Å². The number of nitrogens with zero attached hydrogens (tertiary/aromatic N) is 3. The largest absolute Gasteiger partial charge is 0.329 e. The van der Waals surface area contributed by atoms with Crippen molar-refractivity contribution in [3.63, 3.8) is 0 Å². The van der Waals surface area contributed by atoms with Gasteiger partial charge in [-0.15, -0.1) is 0 Å². The first kappa shape index (κ1) is 16.8. The highest BCUT2D eigenvalue weighted by Gasteiger charge is 2.15. The molecule has 122 valence electrons. The first-order valence-electron chi connectivity index (χ1n) is 6.92. The van der Waals surface area contributed by atoms with Gasteiger partial charge in [-0.25, -0.2) is 9.97 Å². The highest BCUT2D eigenvalue weighted by Crippen LogP contribution is 2.32. The van der Waals surface area contributed by atoms with Gasteiger partial charge >= 0.3 is 0 Å².